The lowest BCUT2D eigenvalue weighted by atomic mass is 10.2. The van der Waals surface area contributed by atoms with Gasteiger partial charge < -0.3 is 4.74 Å². The molecule has 1 aliphatic rings. The third kappa shape index (κ3) is 4.20. The van der Waals surface area contributed by atoms with Crippen molar-refractivity contribution < 1.29 is 26.7 Å². The number of halogens is 2. The molecule has 1 amide bonds. The number of amides is 1. The second kappa shape index (κ2) is 7.14. The van der Waals surface area contributed by atoms with Crippen LogP contribution in [0.2, 0.25) is 0 Å². The van der Waals surface area contributed by atoms with Gasteiger partial charge in [-0.25, -0.2) is 26.9 Å². The van der Waals surface area contributed by atoms with Gasteiger partial charge in [-0.15, -0.1) is 11.3 Å². The lowest BCUT2D eigenvalue weighted by Crippen LogP contribution is -2.31. The maximum absolute atomic E-state index is 13.6. The normalized spacial score (nSPS) is 17.6. The number of benzene rings is 1. The zero-order chi connectivity index (χ0) is 18.0. The standard InChI is InChI=1S/C15H14F2N2O4S2/c16-10-3-1-4-11(17)9(10)8-25(21,22)19-14(20)13-7-18-15(24-13)12-5-2-6-23-12/h1,3-4,7,12H,2,5-6,8H2,(H,19,20)/t12-/m0/s1. The summed E-state index contributed by atoms with van der Waals surface area (Å²) in [4.78, 5) is 16.3. The Morgan fingerprint density at radius 1 is 1.36 bits per heavy atom. The number of nitrogens with one attached hydrogen (secondary N) is 1. The number of hydrogen-bond acceptors (Lipinski definition) is 6. The fraction of sp³-hybridized carbons (Fsp3) is 0.333. The van der Waals surface area contributed by atoms with Gasteiger partial charge >= 0.3 is 0 Å². The van der Waals surface area contributed by atoms with Crippen LogP contribution in [0.1, 0.15) is 39.2 Å². The van der Waals surface area contributed by atoms with E-state index < -0.39 is 38.9 Å². The van der Waals surface area contributed by atoms with Gasteiger partial charge in [-0.3, -0.25) is 4.79 Å². The Kier molecular flexibility index (Phi) is 5.11. The first-order chi connectivity index (χ1) is 11.9. The highest BCUT2D eigenvalue weighted by Gasteiger charge is 2.25. The van der Waals surface area contributed by atoms with Crippen molar-refractivity contribution in [2.24, 2.45) is 0 Å². The maximum atomic E-state index is 13.6. The predicted octanol–water partition coefficient (Wildman–Crippen LogP) is 2.53. The van der Waals surface area contributed by atoms with E-state index in [2.05, 4.69) is 4.98 Å². The summed E-state index contributed by atoms with van der Waals surface area (Å²) in [6.45, 7) is 0.619. The quantitative estimate of drug-likeness (QED) is 0.851. The summed E-state index contributed by atoms with van der Waals surface area (Å²) in [6.07, 6.45) is 2.76. The Labute approximate surface area is 146 Å². The summed E-state index contributed by atoms with van der Waals surface area (Å²) < 4.78 is 58.5. The minimum Gasteiger partial charge on any atom is -0.371 e. The number of aromatic nitrogens is 1. The van der Waals surface area contributed by atoms with E-state index in [1.807, 2.05) is 4.72 Å². The molecule has 0 aliphatic carbocycles. The van der Waals surface area contributed by atoms with Gasteiger partial charge in [-0.1, -0.05) is 6.07 Å². The molecule has 1 fully saturated rings. The van der Waals surface area contributed by atoms with Crippen LogP contribution in [-0.4, -0.2) is 25.9 Å². The molecule has 6 nitrogen and oxygen atoms in total. The molecule has 134 valence electrons. The number of carbonyl (C=O) groups is 1. The van der Waals surface area contributed by atoms with Crippen molar-refractivity contribution in [3.8, 4) is 0 Å². The highest BCUT2D eigenvalue weighted by Crippen LogP contribution is 2.31. The van der Waals surface area contributed by atoms with Gasteiger partial charge in [0.1, 0.15) is 33.4 Å². The first kappa shape index (κ1) is 17.9. The molecule has 1 aliphatic heterocycles. The fourth-order valence-electron chi connectivity index (χ4n) is 2.40. The predicted molar refractivity (Wildman–Crippen MR) is 86.5 cm³/mol. The van der Waals surface area contributed by atoms with Crippen LogP contribution in [0.25, 0.3) is 0 Å². The van der Waals surface area contributed by atoms with Gasteiger partial charge in [0.25, 0.3) is 5.91 Å². The van der Waals surface area contributed by atoms with Gasteiger partial charge in [0.2, 0.25) is 10.0 Å². The Morgan fingerprint density at radius 2 is 2.08 bits per heavy atom. The zero-order valence-corrected chi connectivity index (χ0v) is 14.5. The minimum absolute atomic E-state index is 0.0862. The third-order valence-corrected chi connectivity index (χ3v) is 5.85. The molecule has 2 aromatic rings. The monoisotopic (exact) mass is 388 g/mol. The second-order valence-corrected chi connectivity index (χ2v) is 8.24. The van der Waals surface area contributed by atoms with Crippen LogP contribution in [0.4, 0.5) is 8.78 Å². The van der Waals surface area contributed by atoms with Crippen molar-refractivity contribution in [3.63, 3.8) is 0 Å². The molecule has 0 unspecified atom stereocenters. The van der Waals surface area contributed by atoms with Gasteiger partial charge in [-0.05, 0) is 25.0 Å². The average molecular weight is 388 g/mol. The molecule has 1 saturated heterocycles. The van der Waals surface area contributed by atoms with E-state index in [0.29, 0.717) is 11.6 Å². The smallest absolute Gasteiger partial charge is 0.276 e. The second-order valence-electron chi connectivity index (χ2n) is 5.45. The molecule has 1 aromatic heterocycles. The molecular weight excluding hydrogens is 374 g/mol. The van der Waals surface area contributed by atoms with Crippen molar-refractivity contribution in [2.75, 3.05) is 6.61 Å². The first-order valence-electron chi connectivity index (χ1n) is 7.41. The molecule has 1 N–H and O–H groups in total. The van der Waals surface area contributed by atoms with Crippen molar-refractivity contribution in [3.05, 3.63) is 51.5 Å². The summed E-state index contributed by atoms with van der Waals surface area (Å²) in [7, 11) is -4.27. The fourth-order valence-corrected chi connectivity index (χ4v) is 4.48. The number of carbonyl (C=O) groups excluding carboxylic acids is 1. The van der Waals surface area contributed by atoms with Gasteiger partial charge in [0.15, 0.2) is 0 Å². The number of sulfonamides is 1. The van der Waals surface area contributed by atoms with Gasteiger partial charge in [0.05, 0.1) is 6.20 Å². The number of ether oxygens (including phenoxy) is 1. The third-order valence-electron chi connectivity index (χ3n) is 3.60. The van der Waals surface area contributed by atoms with Crippen molar-refractivity contribution in [2.45, 2.75) is 24.7 Å². The van der Waals surface area contributed by atoms with Crippen LogP contribution in [0.5, 0.6) is 0 Å². The SMILES string of the molecule is O=C(NS(=O)(=O)Cc1c(F)cccc1F)c1cnc([C@@H]2CCCO2)s1. The summed E-state index contributed by atoms with van der Waals surface area (Å²) in [6, 6.07) is 3.03. The van der Waals surface area contributed by atoms with E-state index in [1.54, 1.807) is 0 Å². The Bertz CT molecular complexity index is 872. The minimum atomic E-state index is -4.27. The number of thiazole rings is 1. The van der Waals surface area contributed by atoms with Gasteiger partial charge in [-0.2, -0.15) is 0 Å². The molecule has 25 heavy (non-hydrogen) atoms. The average Bonchev–Trinajstić information content (AvgIpc) is 3.21. The molecule has 1 atom stereocenters. The first-order valence-corrected chi connectivity index (χ1v) is 9.87. The number of hydrogen-bond donors (Lipinski definition) is 1. The molecule has 10 heteroatoms. The largest absolute Gasteiger partial charge is 0.371 e. The van der Waals surface area contributed by atoms with E-state index in [-0.39, 0.29) is 11.0 Å². The molecule has 0 bridgehead atoms. The Balaban J connectivity index is 1.71. The maximum Gasteiger partial charge on any atom is 0.276 e. The van der Waals surface area contributed by atoms with Crippen LogP contribution >= 0.6 is 11.3 Å². The molecule has 1 aromatic carbocycles. The molecule has 0 radical (unpaired) electrons. The van der Waals surface area contributed by atoms with Crippen LogP contribution in [0.15, 0.2) is 24.4 Å². The molecule has 0 saturated carbocycles. The molecular formula is C15H14F2N2O4S2. The van der Waals surface area contributed by atoms with Crippen LogP contribution in [-0.2, 0) is 20.5 Å². The summed E-state index contributed by atoms with van der Waals surface area (Å²) in [5.74, 6) is -3.85. The van der Waals surface area contributed by atoms with Gasteiger partial charge in [0, 0.05) is 12.2 Å². The zero-order valence-electron chi connectivity index (χ0n) is 12.9. The Hall–Kier alpha value is -1.91. The summed E-state index contributed by atoms with van der Waals surface area (Å²) >= 11 is 1.03. The Morgan fingerprint density at radius 3 is 2.72 bits per heavy atom. The molecule has 3 rings (SSSR count). The van der Waals surface area contributed by atoms with E-state index in [9.17, 15) is 22.0 Å². The molecule has 2 heterocycles. The highest BCUT2D eigenvalue weighted by atomic mass is 32.2. The number of rotatable bonds is 5. The summed E-state index contributed by atoms with van der Waals surface area (Å²) in [5.41, 5.74) is -0.618. The highest BCUT2D eigenvalue weighted by molar-refractivity contribution is 7.89. The van der Waals surface area contributed by atoms with E-state index in [0.717, 1.165) is 42.4 Å². The van der Waals surface area contributed by atoms with Crippen LogP contribution in [0.3, 0.4) is 0 Å². The number of nitrogens with zero attached hydrogens (tertiary/aromatic N) is 1. The lowest BCUT2D eigenvalue weighted by molar-refractivity contribution is 0.0985. The van der Waals surface area contributed by atoms with E-state index >= 15 is 0 Å². The van der Waals surface area contributed by atoms with Crippen molar-refractivity contribution >= 4 is 27.3 Å². The van der Waals surface area contributed by atoms with E-state index in [4.69, 9.17) is 4.74 Å². The van der Waals surface area contributed by atoms with E-state index in [1.165, 1.54) is 6.20 Å². The summed E-state index contributed by atoms with van der Waals surface area (Å²) in [5, 5.41) is 0.597. The van der Waals surface area contributed by atoms with Crippen LogP contribution in [0, 0.1) is 11.6 Å². The van der Waals surface area contributed by atoms with Crippen LogP contribution < -0.4 is 4.72 Å². The molecule has 0 spiro atoms. The van der Waals surface area contributed by atoms with Crippen molar-refractivity contribution in [1.82, 2.24) is 9.71 Å². The van der Waals surface area contributed by atoms with Crippen molar-refractivity contribution in [1.29, 1.82) is 0 Å². The lowest BCUT2D eigenvalue weighted by Gasteiger charge is -2.07. The topological polar surface area (TPSA) is 85.4 Å².